The Kier molecular flexibility index (Phi) is 5.82. The van der Waals surface area contributed by atoms with E-state index in [-0.39, 0.29) is 36.8 Å². The molecule has 0 radical (unpaired) electrons. The second-order valence-corrected chi connectivity index (χ2v) is 5.43. The van der Waals surface area contributed by atoms with Crippen molar-refractivity contribution >= 4 is 35.6 Å². The van der Waals surface area contributed by atoms with Crippen molar-refractivity contribution in [3.05, 3.63) is 41.4 Å². The maximum Gasteiger partial charge on any atom is 0.247 e. The highest BCUT2D eigenvalue weighted by atomic mass is 35.5. The van der Waals surface area contributed by atoms with Crippen LogP contribution in [0.1, 0.15) is 5.56 Å². The molecule has 128 valence electrons. The highest BCUT2D eigenvalue weighted by Gasteiger charge is 2.26. The summed E-state index contributed by atoms with van der Waals surface area (Å²) in [5, 5.41) is 0.187. The van der Waals surface area contributed by atoms with Crippen molar-refractivity contribution < 1.29 is 14.3 Å². The summed E-state index contributed by atoms with van der Waals surface area (Å²) < 4.78 is 11.3. The van der Waals surface area contributed by atoms with Crippen molar-refractivity contribution in [2.45, 2.75) is 12.6 Å². The van der Waals surface area contributed by atoms with Crippen molar-refractivity contribution in [2.75, 3.05) is 18.6 Å². The molecule has 9 heteroatoms. The van der Waals surface area contributed by atoms with Gasteiger partial charge in [0.2, 0.25) is 11.2 Å². The fourth-order valence-electron chi connectivity index (χ4n) is 2.17. The van der Waals surface area contributed by atoms with E-state index in [2.05, 4.69) is 9.97 Å². The second kappa shape index (κ2) is 7.65. The Hall–Kier alpha value is -2.09. The number of benzene rings is 1. The summed E-state index contributed by atoms with van der Waals surface area (Å²) in [6, 6.07) is 4.58. The van der Waals surface area contributed by atoms with Crippen LogP contribution in [0.2, 0.25) is 5.28 Å². The zero-order valence-corrected chi connectivity index (χ0v) is 14.4. The van der Waals surface area contributed by atoms with Gasteiger partial charge in [-0.25, -0.2) is 9.97 Å². The first-order valence-electron chi connectivity index (χ1n) is 6.94. The van der Waals surface area contributed by atoms with E-state index in [1.54, 1.807) is 37.6 Å². The van der Waals surface area contributed by atoms with Gasteiger partial charge in [-0.15, -0.1) is 12.4 Å². The molecule has 1 atom stereocenters. The number of nitrogens with two attached hydrogens (primary N) is 1. The van der Waals surface area contributed by atoms with E-state index in [1.807, 2.05) is 0 Å². The van der Waals surface area contributed by atoms with E-state index >= 15 is 0 Å². The SMILES string of the molecule is CN1C(=O)[C@@H](N)COc2ccc(OCc3cnc(Cl)nc3)cc21.Cl. The minimum atomic E-state index is -0.678. The quantitative estimate of drug-likeness (QED) is 0.828. The predicted molar refractivity (Wildman–Crippen MR) is 91.9 cm³/mol. The van der Waals surface area contributed by atoms with Gasteiger partial charge in [0, 0.05) is 31.1 Å². The molecule has 0 aliphatic carbocycles. The van der Waals surface area contributed by atoms with Crippen molar-refractivity contribution in [1.82, 2.24) is 9.97 Å². The lowest BCUT2D eigenvalue weighted by molar-refractivity contribution is -0.119. The summed E-state index contributed by atoms with van der Waals surface area (Å²) >= 11 is 5.64. The van der Waals surface area contributed by atoms with Gasteiger partial charge in [0.1, 0.15) is 30.8 Å². The molecule has 3 rings (SSSR count). The van der Waals surface area contributed by atoms with E-state index in [4.69, 9.17) is 26.8 Å². The number of halogens is 2. The highest BCUT2D eigenvalue weighted by molar-refractivity contribution is 6.28. The fourth-order valence-corrected chi connectivity index (χ4v) is 2.27. The number of ether oxygens (including phenoxy) is 2. The fraction of sp³-hybridized carbons (Fsp3) is 0.267. The standard InChI is InChI=1S/C15H15ClN4O3.ClH/c1-20-12-4-10(22-7-9-5-18-15(16)19-6-9)2-3-13(12)23-8-11(17)14(20)21;/h2-6,11H,7-8,17H2,1H3;1H/t11-;/m0./s1. The Labute approximate surface area is 150 Å². The average molecular weight is 371 g/mol. The molecule has 1 aliphatic heterocycles. The Morgan fingerprint density at radius 1 is 1.42 bits per heavy atom. The van der Waals surface area contributed by atoms with E-state index < -0.39 is 6.04 Å². The number of fused-ring (bicyclic) bond motifs is 1. The van der Waals surface area contributed by atoms with E-state index in [9.17, 15) is 4.79 Å². The summed E-state index contributed by atoms with van der Waals surface area (Å²) in [5.74, 6) is 0.986. The van der Waals surface area contributed by atoms with Crippen LogP contribution >= 0.6 is 24.0 Å². The van der Waals surface area contributed by atoms with Crippen LogP contribution in [0.3, 0.4) is 0 Å². The lowest BCUT2D eigenvalue weighted by Gasteiger charge is -2.18. The number of aromatic nitrogens is 2. The number of rotatable bonds is 3. The van der Waals surface area contributed by atoms with Gasteiger partial charge < -0.3 is 20.1 Å². The molecule has 0 saturated heterocycles. The first kappa shape index (κ1) is 18.3. The molecule has 0 saturated carbocycles. The molecule has 0 unspecified atom stereocenters. The molecule has 1 aromatic heterocycles. The molecular formula is C15H16Cl2N4O3. The first-order valence-corrected chi connectivity index (χ1v) is 7.31. The van der Waals surface area contributed by atoms with Crippen LogP contribution < -0.4 is 20.1 Å². The highest BCUT2D eigenvalue weighted by Crippen LogP contribution is 2.34. The number of likely N-dealkylation sites (N-methyl/N-ethyl adjacent to an activating group) is 1. The third kappa shape index (κ3) is 3.87. The smallest absolute Gasteiger partial charge is 0.247 e. The van der Waals surface area contributed by atoms with Crippen LogP contribution in [0.5, 0.6) is 11.5 Å². The van der Waals surface area contributed by atoms with Gasteiger partial charge in [0.25, 0.3) is 0 Å². The molecule has 2 heterocycles. The summed E-state index contributed by atoms with van der Waals surface area (Å²) in [7, 11) is 1.66. The topological polar surface area (TPSA) is 90.6 Å². The number of carbonyl (C=O) groups excluding carboxylic acids is 1. The molecule has 1 aliphatic rings. The molecule has 0 fully saturated rings. The molecular weight excluding hydrogens is 355 g/mol. The minimum Gasteiger partial charge on any atom is -0.489 e. The molecule has 2 aromatic rings. The van der Waals surface area contributed by atoms with Gasteiger partial charge in [-0.05, 0) is 23.7 Å². The van der Waals surface area contributed by atoms with Gasteiger partial charge in [-0.2, -0.15) is 0 Å². The maximum atomic E-state index is 12.1. The van der Waals surface area contributed by atoms with Crippen LogP contribution in [0, 0.1) is 0 Å². The van der Waals surface area contributed by atoms with Gasteiger partial charge in [-0.1, -0.05) is 0 Å². The lowest BCUT2D eigenvalue weighted by atomic mass is 10.2. The van der Waals surface area contributed by atoms with E-state index in [1.165, 1.54) is 4.90 Å². The Morgan fingerprint density at radius 2 is 2.12 bits per heavy atom. The summed E-state index contributed by atoms with van der Waals surface area (Å²) in [5.41, 5.74) is 7.16. The minimum absolute atomic E-state index is 0. The number of hydrogen-bond donors (Lipinski definition) is 1. The number of hydrogen-bond acceptors (Lipinski definition) is 6. The number of amides is 1. The molecule has 1 aromatic carbocycles. The van der Waals surface area contributed by atoms with Gasteiger partial charge >= 0.3 is 0 Å². The van der Waals surface area contributed by atoms with Crippen molar-refractivity contribution in [3.63, 3.8) is 0 Å². The van der Waals surface area contributed by atoms with Gasteiger partial charge in [0.05, 0.1) is 5.69 Å². The van der Waals surface area contributed by atoms with Crippen molar-refractivity contribution in [1.29, 1.82) is 0 Å². The molecule has 0 bridgehead atoms. The summed E-state index contributed by atoms with van der Waals surface area (Å²) in [6.07, 6.45) is 3.19. The second-order valence-electron chi connectivity index (χ2n) is 5.09. The third-order valence-electron chi connectivity index (χ3n) is 3.44. The zero-order chi connectivity index (χ0) is 16.4. The van der Waals surface area contributed by atoms with Gasteiger partial charge in [-0.3, -0.25) is 4.79 Å². The molecule has 2 N–H and O–H groups in total. The average Bonchev–Trinajstić information content (AvgIpc) is 2.67. The Morgan fingerprint density at radius 3 is 2.83 bits per heavy atom. The lowest BCUT2D eigenvalue weighted by Crippen LogP contribution is -2.43. The third-order valence-corrected chi connectivity index (χ3v) is 3.63. The van der Waals surface area contributed by atoms with Crippen LogP contribution in [0.4, 0.5) is 5.69 Å². The Balaban J connectivity index is 0.00000208. The first-order chi connectivity index (χ1) is 11.0. The number of carbonyl (C=O) groups is 1. The van der Waals surface area contributed by atoms with Crippen LogP contribution in [0.15, 0.2) is 30.6 Å². The summed E-state index contributed by atoms with van der Waals surface area (Å²) in [4.78, 5) is 21.3. The Bertz CT molecular complexity index is 727. The molecule has 0 spiro atoms. The van der Waals surface area contributed by atoms with E-state index in [0.717, 1.165) is 5.56 Å². The largest absolute Gasteiger partial charge is 0.489 e. The molecule has 7 nitrogen and oxygen atoms in total. The normalized spacial score (nSPS) is 16.5. The monoisotopic (exact) mass is 370 g/mol. The van der Waals surface area contributed by atoms with Crippen LogP contribution in [0.25, 0.3) is 0 Å². The maximum absolute atomic E-state index is 12.1. The van der Waals surface area contributed by atoms with Crippen LogP contribution in [-0.2, 0) is 11.4 Å². The summed E-state index contributed by atoms with van der Waals surface area (Å²) in [6.45, 7) is 0.437. The number of nitrogens with zero attached hydrogens (tertiary/aromatic N) is 3. The van der Waals surface area contributed by atoms with E-state index in [0.29, 0.717) is 17.2 Å². The molecule has 1 amide bonds. The van der Waals surface area contributed by atoms with Crippen molar-refractivity contribution in [2.24, 2.45) is 5.73 Å². The van der Waals surface area contributed by atoms with Gasteiger partial charge in [0.15, 0.2) is 0 Å². The zero-order valence-electron chi connectivity index (χ0n) is 12.8. The van der Waals surface area contributed by atoms with Crippen LogP contribution in [-0.4, -0.2) is 35.6 Å². The van der Waals surface area contributed by atoms with Crippen molar-refractivity contribution in [3.8, 4) is 11.5 Å². The molecule has 24 heavy (non-hydrogen) atoms. The predicted octanol–water partition coefficient (Wildman–Crippen LogP) is 1.81. The number of anilines is 1.